The summed E-state index contributed by atoms with van der Waals surface area (Å²) in [5, 5.41) is 9.07. The summed E-state index contributed by atoms with van der Waals surface area (Å²) in [6.45, 7) is 2.78. The van der Waals surface area contributed by atoms with E-state index in [2.05, 4.69) is 4.98 Å². The summed E-state index contributed by atoms with van der Waals surface area (Å²) in [6, 6.07) is 2.90. The van der Waals surface area contributed by atoms with Gasteiger partial charge in [-0.05, 0) is 25.5 Å². The van der Waals surface area contributed by atoms with Crippen molar-refractivity contribution in [1.82, 2.24) is 4.98 Å². The zero-order chi connectivity index (χ0) is 11.8. The first-order valence-corrected chi connectivity index (χ1v) is 5.11. The average molecular weight is 224 g/mol. The Balaban J connectivity index is 2.15. The lowest BCUT2D eigenvalue weighted by Crippen LogP contribution is -2.31. The third-order valence-electron chi connectivity index (χ3n) is 3.03. The summed E-state index contributed by atoms with van der Waals surface area (Å²) in [7, 11) is 0. The van der Waals surface area contributed by atoms with Crippen LogP contribution in [0.4, 0.5) is 10.2 Å². The summed E-state index contributed by atoms with van der Waals surface area (Å²) in [5.41, 5.74) is -0.726. The van der Waals surface area contributed by atoms with Crippen LogP contribution in [0.15, 0.2) is 18.3 Å². The van der Waals surface area contributed by atoms with Crippen molar-refractivity contribution in [3.8, 4) is 0 Å². The Kier molecular flexibility index (Phi) is 2.53. The van der Waals surface area contributed by atoms with Crippen LogP contribution in [0.25, 0.3) is 0 Å². The molecule has 1 N–H and O–H groups in total. The van der Waals surface area contributed by atoms with Crippen LogP contribution in [-0.4, -0.2) is 29.1 Å². The molecule has 0 bridgehead atoms. The molecule has 1 aromatic heterocycles. The van der Waals surface area contributed by atoms with Crippen molar-refractivity contribution in [2.75, 3.05) is 18.0 Å². The Bertz CT molecular complexity index is 407. The number of hydrogen-bond acceptors (Lipinski definition) is 3. The number of hydrogen-bond donors (Lipinski definition) is 1. The summed E-state index contributed by atoms with van der Waals surface area (Å²) >= 11 is 0. The molecule has 0 aliphatic carbocycles. The van der Waals surface area contributed by atoms with Crippen molar-refractivity contribution in [3.63, 3.8) is 0 Å². The van der Waals surface area contributed by atoms with Gasteiger partial charge in [0, 0.05) is 13.1 Å². The van der Waals surface area contributed by atoms with Gasteiger partial charge in [0.2, 0.25) is 0 Å². The zero-order valence-corrected chi connectivity index (χ0v) is 8.98. The van der Waals surface area contributed by atoms with Crippen LogP contribution < -0.4 is 4.90 Å². The Morgan fingerprint density at radius 3 is 2.88 bits per heavy atom. The molecule has 1 fully saturated rings. The van der Waals surface area contributed by atoms with Gasteiger partial charge in [-0.1, -0.05) is 0 Å². The predicted octanol–water partition coefficient (Wildman–Crippen LogP) is 1.52. The minimum atomic E-state index is -0.794. The van der Waals surface area contributed by atoms with Crippen LogP contribution in [-0.2, 0) is 4.79 Å². The van der Waals surface area contributed by atoms with Crippen molar-refractivity contribution in [3.05, 3.63) is 24.1 Å². The molecule has 1 aliphatic rings. The second-order valence-electron chi connectivity index (χ2n) is 4.37. The van der Waals surface area contributed by atoms with E-state index in [4.69, 9.17) is 5.11 Å². The van der Waals surface area contributed by atoms with Crippen LogP contribution in [0.5, 0.6) is 0 Å². The second-order valence-corrected chi connectivity index (χ2v) is 4.37. The van der Waals surface area contributed by atoms with Gasteiger partial charge in [-0.2, -0.15) is 0 Å². The third kappa shape index (κ3) is 1.85. The number of carboxylic acid groups (broad SMARTS) is 1. The van der Waals surface area contributed by atoms with Crippen LogP contribution in [0.3, 0.4) is 0 Å². The second kappa shape index (κ2) is 3.73. The van der Waals surface area contributed by atoms with Gasteiger partial charge in [-0.15, -0.1) is 0 Å². The van der Waals surface area contributed by atoms with Gasteiger partial charge < -0.3 is 10.0 Å². The summed E-state index contributed by atoms with van der Waals surface area (Å²) in [4.78, 5) is 16.9. The molecule has 1 aromatic rings. The SMILES string of the molecule is CC1(C(=O)O)CCN(c2ccc(F)cn2)C1. The van der Waals surface area contributed by atoms with E-state index in [1.54, 1.807) is 13.0 Å². The molecule has 0 saturated carbocycles. The van der Waals surface area contributed by atoms with Gasteiger partial charge in [0.15, 0.2) is 0 Å². The number of carboxylic acids is 1. The number of rotatable bonds is 2. The first-order valence-electron chi connectivity index (χ1n) is 5.11. The molecular formula is C11H13FN2O2. The molecule has 2 rings (SSSR count). The maximum absolute atomic E-state index is 12.7. The van der Waals surface area contributed by atoms with Gasteiger partial charge >= 0.3 is 5.97 Å². The molecule has 1 unspecified atom stereocenters. The minimum absolute atomic E-state index is 0.385. The fraction of sp³-hybridized carbons (Fsp3) is 0.455. The highest BCUT2D eigenvalue weighted by Gasteiger charge is 2.40. The van der Waals surface area contributed by atoms with E-state index >= 15 is 0 Å². The van der Waals surface area contributed by atoms with Crippen molar-refractivity contribution in [2.24, 2.45) is 5.41 Å². The highest BCUT2D eigenvalue weighted by Crippen LogP contribution is 2.32. The number of nitrogens with zero attached hydrogens (tertiary/aromatic N) is 2. The van der Waals surface area contributed by atoms with Crippen molar-refractivity contribution >= 4 is 11.8 Å². The van der Waals surface area contributed by atoms with Crippen LogP contribution in [0.2, 0.25) is 0 Å². The van der Waals surface area contributed by atoms with Gasteiger partial charge in [0.1, 0.15) is 11.6 Å². The highest BCUT2D eigenvalue weighted by atomic mass is 19.1. The fourth-order valence-electron chi connectivity index (χ4n) is 1.89. The first-order chi connectivity index (χ1) is 7.51. The fourth-order valence-corrected chi connectivity index (χ4v) is 1.89. The Morgan fingerprint density at radius 1 is 1.62 bits per heavy atom. The molecular weight excluding hydrogens is 211 g/mol. The van der Waals surface area contributed by atoms with E-state index in [1.807, 2.05) is 4.90 Å². The van der Waals surface area contributed by atoms with E-state index < -0.39 is 11.4 Å². The molecule has 0 radical (unpaired) electrons. The van der Waals surface area contributed by atoms with E-state index in [0.29, 0.717) is 25.3 Å². The van der Waals surface area contributed by atoms with E-state index in [9.17, 15) is 9.18 Å². The Morgan fingerprint density at radius 2 is 2.38 bits per heavy atom. The number of aromatic nitrogens is 1. The monoisotopic (exact) mass is 224 g/mol. The summed E-state index contributed by atoms with van der Waals surface area (Å²) in [5.74, 6) is -0.549. The first kappa shape index (κ1) is 10.9. The van der Waals surface area contributed by atoms with Gasteiger partial charge in [-0.3, -0.25) is 4.79 Å². The van der Waals surface area contributed by atoms with Crippen LogP contribution in [0.1, 0.15) is 13.3 Å². The lowest BCUT2D eigenvalue weighted by atomic mass is 9.90. The molecule has 86 valence electrons. The summed E-state index contributed by atoms with van der Waals surface area (Å²) in [6.07, 6.45) is 1.73. The molecule has 1 aliphatic heterocycles. The molecule has 4 nitrogen and oxygen atoms in total. The maximum atomic E-state index is 12.7. The zero-order valence-electron chi connectivity index (χ0n) is 8.98. The largest absolute Gasteiger partial charge is 0.481 e. The molecule has 1 saturated heterocycles. The number of halogens is 1. The molecule has 0 spiro atoms. The van der Waals surface area contributed by atoms with Crippen molar-refractivity contribution < 1.29 is 14.3 Å². The van der Waals surface area contributed by atoms with Gasteiger partial charge in [-0.25, -0.2) is 9.37 Å². The Labute approximate surface area is 92.7 Å². The van der Waals surface area contributed by atoms with Crippen LogP contribution in [0, 0.1) is 11.2 Å². The molecule has 1 atom stereocenters. The number of anilines is 1. The number of pyridine rings is 1. The van der Waals surface area contributed by atoms with Crippen molar-refractivity contribution in [1.29, 1.82) is 0 Å². The minimum Gasteiger partial charge on any atom is -0.481 e. The number of aliphatic carboxylic acids is 1. The van der Waals surface area contributed by atoms with Crippen LogP contribution >= 0.6 is 0 Å². The molecule has 0 amide bonds. The predicted molar refractivity (Wildman–Crippen MR) is 56.8 cm³/mol. The molecule has 16 heavy (non-hydrogen) atoms. The summed E-state index contributed by atoms with van der Waals surface area (Å²) < 4.78 is 12.7. The topological polar surface area (TPSA) is 53.4 Å². The highest BCUT2D eigenvalue weighted by molar-refractivity contribution is 5.76. The lowest BCUT2D eigenvalue weighted by Gasteiger charge is -2.20. The van der Waals surface area contributed by atoms with E-state index in [0.717, 1.165) is 6.20 Å². The Hall–Kier alpha value is -1.65. The quantitative estimate of drug-likeness (QED) is 0.827. The molecule has 2 heterocycles. The third-order valence-corrected chi connectivity index (χ3v) is 3.03. The standard InChI is InChI=1S/C11H13FN2O2/c1-11(10(15)16)4-5-14(7-11)9-3-2-8(12)6-13-9/h2-3,6H,4-5,7H2,1H3,(H,15,16). The van der Waals surface area contributed by atoms with E-state index in [-0.39, 0.29) is 5.82 Å². The number of carbonyl (C=O) groups is 1. The normalized spacial score (nSPS) is 24.8. The maximum Gasteiger partial charge on any atom is 0.311 e. The lowest BCUT2D eigenvalue weighted by molar-refractivity contribution is -0.146. The average Bonchev–Trinajstić information content (AvgIpc) is 2.63. The van der Waals surface area contributed by atoms with Crippen molar-refractivity contribution in [2.45, 2.75) is 13.3 Å². The van der Waals surface area contributed by atoms with Gasteiger partial charge in [0.25, 0.3) is 0 Å². The van der Waals surface area contributed by atoms with E-state index in [1.165, 1.54) is 6.07 Å². The molecule has 5 heteroatoms. The smallest absolute Gasteiger partial charge is 0.311 e. The van der Waals surface area contributed by atoms with Gasteiger partial charge in [0.05, 0.1) is 11.6 Å². The molecule has 0 aromatic carbocycles.